The fourth-order valence-electron chi connectivity index (χ4n) is 0.839. The van der Waals surface area contributed by atoms with Crippen molar-refractivity contribution in [3.8, 4) is 0 Å². The Morgan fingerprint density at radius 2 is 1.79 bits per heavy atom. The average molecular weight is 226 g/mol. The number of carboxylic acid groups (broad SMARTS) is 1. The van der Waals surface area contributed by atoms with Gasteiger partial charge in [0.05, 0.1) is 0 Å². The average Bonchev–Trinajstić information content (AvgIpc) is 2.01. The minimum absolute atomic E-state index is 0.0608. The van der Waals surface area contributed by atoms with Crippen LogP contribution in [0.4, 0.5) is 0 Å². The zero-order chi connectivity index (χ0) is 11.4. The highest BCUT2D eigenvalue weighted by Crippen LogP contribution is 2.40. The van der Waals surface area contributed by atoms with E-state index in [4.69, 9.17) is 26.4 Å². The summed E-state index contributed by atoms with van der Waals surface area (Å²) in [6, 6.07) is -1.00. The van der Waals surface area contributed by atoms with Gasteiger partial charge in [-0.2, -0.15) is 0 Å². The predicted octanol–water partition coefficient (Wildman–Crippen LogP) is -0.969. The van der Waals surface area contributed by atoms with Crippen LogP contribution in [0.3, 0.4) is 0 Å². The van der Waals surface area contributed by atoms with Crippen molar-refractivity contribution in [2.24, 2.45) is 11.5 Å². The summed E-state index contributed by atoms with van der Waals surface area (Å²) in [5, 5.41) is 8.40. The zero-order valence-electron chi connectivity index (χ0n) is 7.54. The van der Waals surface area contributed by atoms with Crippen molar-refractivity contribution >= 4 is 13.6 Å². The Labute approximate surface area is 81.3 Å². The highest BCUT2D eigenvalue weighted by molar-refractivity contribution is 7.52. The van der Waals surface area contributed by atoms with Crippen LogP contribution in [0.2, 0.25) is 0 Å². The monoisotopic (exact) mass is 226 g/mol. The molecule has 7 nitrogen and oxygen atoms in total. The molecule has 0 heterocycles. The van der Waals surface area contributed by atoms with Gasteiger partial charge >= 0.3 is 13.6 Å². The highest BCUT2D eigenvalue weighted by atomic mass is 31.2. The first-order chi connectivity index (χ1) is 6.25. The van der Waals surface area contributed by atoms with E-state index >= 15 is 0 Å². The molecule has 0 aromatic heterocycles. The van der Waals surface area contributed by atoms with Gasteiger partial charge in [0.1, 0.15) is 11.8 Å². The van der Waals surface area contributed by atoms with E-state index in [1.54, 1.807) is 0 Å². The molecule has 0 fully saturated rings. The second-order valence-electron chi connectivity index (χ2n) is 3.03. The maximum atomic E-state index is 10.6. The van der Waals surface area contributed by atoms with Crippen LogP contribution >= 0.6 is 7.60 Å². The Balaban J connectivity index is 3.76. The largest absolute Gasteiger partial charge is 0.480 e. The van der Waals surface area contributed by atoms with Gasteiger partial charge < -0.3 is 26.4 Å². The molecule has 0 saturated heterocycles. The Bertz CT molecular complexity index is 240. The van der Waals surface area contributed by atoms with E-state index in [0.717, 1.165) is 0 Å². The van der Waals surface area contributed by atoms with E-state index in [1.807, 2.05) is 0 Å². The molecule has 0 aliphatic rings. The van der Waals surface area contributed by atoms with Crippen LogP contribution in [0.1, 0.15) is 19.3 Å². The van der Waals surface area contributed by atoms with Gasteiger partial charge in [-0.25, -0.2) is 0 Å². The number of hydrogen-bond donors (Lipinski definition) is 5. The number of nitrogens with two attached hydrogens (primary N) is 2. The smallest absolute Gasteiger partial charge is 0.342 e. The van der Waals surface area contributed by atoms with Crippen molar-refractivity contribution in [2.45, 2.75) is 31.1 Å². The number of rotatable bonds is 6. The lowest BCUT2D eigenvalue weighted by Crippen LogP contribution is -2.30. The molecular formula is C6H15N2O5P. The molecule has 0 amide bonds. The number of carboxylic acids is 1. The van der Waals surface area contributed by atoms with Gasteiger partial charge in [-0.1, -0.05) is 0 Å². The summed E-state index contributed by atoms with van der Waals surface area (Å²) in [6.45, 7) is 0. The fourth-order valence-corrected chi connectivity index (χ4v) is 1.36. The van der Waals surface area contributed by atoms with E-state index in [2.05, 4.69) is 0 Å². The normalized spacial score (nSPS) is 16.3. The van der Waals surface area contributed by atoms with Crippen molar-refractivity contribution in [2.75, 3.05) is 0 Å². The van der Waals surface area contributed by atoms with Crippen LogP contribution in [0.25, 0.3) is 0 Å². The van der Waals surface area contributed by atoms with Crippen LogP contribution in [0.15, 0.2) is 0 Å². The van der Waals surface area contributed by atoms with E-state index in [-0.39, 0.29) is 19.3 Å². The van der Waals surface area contributed by atoms with Gasteiger partial charge in [0.2, 0.25) is 0 Å². The number of carbonyl (C=O) groups is 1. The molecule has 0 unspecified atom stereocenters. The Hall–Kier alpha value is -0.460. The van der Waals surface area contributed by atoms with Gasteiger partial charge in [-0.05, 0) is 19.3 Å². The van der Waals surface area contributed by atoms with Crippen LogP contribution in [-0.2, 0) is 9.36 Å². The molecule has 0 spiro atoms. The lowest BCUT2D eigenvalue weighted by Gasteiger charge is -2.13. The Kier molecular flexibility index (Phi) is 5.25. The first-order valence-corrected chi connectivity index (χ1v) is 5.72. The SMILES string of the molecule is N[C@@H](CCC[C@H](N)P(=O)(O)O)C(=O)O. The maximum Gasteiger partial charge on any atom is 0.342 e. The molecule has 0 aromatic carbocycles. The summed E-state index contributed by atoms with van der Waals surface area (Å²) in [7, 11) is -4.25. The molecule has 7 N–H and O–H groups in total. The molecule has 8 heteroatoms. The van der Waals surface area contributed by atoms with Crippen molar-refractivity contribution in [3.05, 3.63) is 0 Å². The van der Waals surface area contributed by atoms with Gasteiger partial charge in [-0.3, -0.25) is 9.36 Å². The minimum Gasteiger partial charge on any atom is -0.480 e. The maximum absolute atomic E-state index is 10.6. The molecule has 2 atom stereocenters. The number of hydrogen-bond acceptors (Lipinski definition) is 4. The molecular weight excluding hydrogens is 211 g/mol. The molecule has 0 saturated carbocycles. The summed E-state index contributed by atoms with van der Waals surface area (Å²) < 4.78 is 10.6. The summed E-state index contributed by atoms with van der Waals surface area (Å²) in [4.78, 5) is 27.5. The summed E-state index contributed by atoms with van der Waals surface area (Å²) in [5.74, 6) is -2.36. The number of aliphatic carboxylic acids is 1. The van der Waals surface area contributed by atoms with E-state index in [9.17, 15) is 9.36 Å². The Morgan fingerprint density at radius 3 is 2.14 bits per heavy atom. The van der Waals surface area contributed by atoms with Crippen molar-refractivity contribution in [3.63, 3.8) is 0 Å². The van der Waals surface area contributed by atoms with Gasteiger partial charge in [0.15, 0.2) is 0 Å². The highest BCUT2D eigenvalue weighted by Gasteiger charge is 2.24. The first-order valence-electron chi connectivity index (χ1n) is 4.04. The molecule has 0 aliphatic carbocycles. The third kappa shape index (κ3) is 5.31. The molecule has 0 aliphatic heterocycles. The third-order valence-electron chi connectivity index (χ3n) is 1.76. The molecule has 0 radical (unpaired) electrons. The zero-order valence-corrected chi connectivity index (χ0v) is 8.43. The lowest BCUT2D eigenvalue weighted by atomic mass is 10.1. The quantitative estimate of drug-likeness (QED) is 0.366. The lowest BCUT2D eigenvalue weighted by molar-refractivity contribution is -0.138. The second kappa shape index (κ2) is 5.43. The first kappa shape index (κ1) is 13.5. The summed E-state index contributed by atoms with van der Waals surface area (Å²) in [6.07, 6.45) is 0.494. The molecule has 14 heavy (non-hydrogen) atoms. The van der Waals surface area contributed by atoms with Crippen LogP contribution in [0.5, 0.6) is 0 Å². The van der Waals surface area contributed by atoms with E-state index in [0.29, 0.717) is 0 Å². The molecule has 0 rings (SSSR count). The van der Waals surface area contributed by atoms with Crippen molar-refractivity contribution in [1.82, 2.24) is 0 Å². The fraction of sp³-hybridized carbons (Fsp3) is 0.833. The predicted molar refractivity (Wildman–Crippen MR) is 49.5 cm³/mol. The van der Waals surface area contributed by atoms with Gasteiger partial charge in [0, 0.05) is 0 Å². The minimum atomic E-state index is -4.25. The van der Waals surface area contributed by atoms with Crippen LogP contribution in [0, 0.1) is 0 Å². The topological polar surface area (TPSA) is 147 Å². The van der Waals surface area contributed by atoms with Crippen molar-refractivity contribution in [1.29, 1.82) is 0 Å². The Morgan fingerprint density at radius 1 is 1.29 bits per heavy atom. The third-order valence-corrected chi connectivity index (χ3v) is 2.89. The van der Waals surface area contributed by atoms with Crippen LogP contribution < -0.4 is 11.5 Å². The molecule has 0 aromatic rings. The molecule has 0 bridgehead atoms. The molecule has 84 valence electrons. The van der Waals surface area contributed by atoms with E-state index in [1.165, 1.54) is 0 Å². The summed E-state index contributed by atoms with van der Waals surface area (Å²) in [5.41, 5.74) is 10.3. The second-order valence-corrected chi connectivity index (χ2v) is 4.87. The van der Waals surface area contributed by atoms with Crippen molar-refractivity contribution < 1.29 is 24.3 Å². The summed E-state index contributed by atoms with van der Waals surface area (Å²) >= 11 is 0. The van der Waals surface area contributed by atoms with Gasteiger partial charge in [-0.15, -0.1) is 0 Å². The van der Waals surface area contributed by atoms with Gasteiger partial charge in [0.25, 0.3) is 0 Å². The van der Waals surface area contributed by atoms with Crippen LogP contribution in [-0.4, -0.2) is 32.7 Å². The van der Waals surface area contributed by atoms with E-state index < -0.39 is 25.4 Å². The standard InChI is InChI=1S/C6H15N2O5P/c7-4(6(9)10)2-1-3-5(8)14(11,12)13/h4-5H,1-3,7-8H2,(H,9,10)(H2,11,12,13)/t4-,5+/m0/s1.